The first-order valence-corrected chi connectivity index (χ1v) is 8.37. The van der Waals surface area contributed by atoms with Crippen LogP contribution in [0.25, 0.3) is 0 Å². The number of nitrogens with two attached hydrogens (primary N) is 1. The summed E-state index contributed by atoms with van der Waals surface area (Å²) >= 11 is 5.86. The van der Waals surface area contributed by atoms with Gasteiger partial charge >= 0.3 is 0 Å². The first-order valence-electron chi connectivity index (χ1n) is 6.51. The number of aliphatic hydroxyl groups is 1. The molecule has 1 aliphatic carbocycles. The lowest BCUT2D eigenvalue weighted by atomic mass is 10.0. The number of anilines is 1. The van der Waals surface area contributed by atoms with Crippen LogP contribution in [0.2, 0.25) is 5.02 Å². The molecule has 0 unspecified atom stereocenters. The minimum absolute atomic E-state index is 0.0151. The molecule has 112 valence electrons. The molecule has 0 bridgehead atoms. The monoisotopic (exact) mass is 318 g/mol. The van der Waals surface area contributed by atoms with Crippen LogP contribution in [0.5, 0.6) is 0 Å². The highest BCUT2D eigenvalue weighted by Crippen LogP contribution is 2.30. The van der Waals surface area contributed by atoms with Gasteiger partial charge in [0.2, 0.25) is 10.0 Å². The van der Waals surface area contributed by atoms with Crippen LogP contribution in [0, 0.1) is 6.92 Å². The van der Waals surface area contributed by atoms with E-state index in [-0.39, 0.29) is 16.5 Å². The first kappa shape index (κ1) is 15.6. The van der Waals surface area contributed by atoms with Crippen LogP contribution in [0.3, 0.4) is 0 Å². The van der Waals surface area contributed by atoms with Gasteiger partial charge in [0, 0.05) is 17.3 Å². The molecule has 7 heteroatoms. The Balaban J connectivity index is 2.22. The van der Waals surface area contributed by atoms with Gasteiger partial charge in [-0.25, -0.2) is 13.1 Å². The van der Waals surface area contributed by atoms with E-state index in [0.29, 0.717) is 24.1 Å². The summed E-state index contributed by atoms with van der Waals surface area (Å²) in [5, 5.41) is 10.5. The van der Waals surface area contributed by atoms with E-state index >= 15 is 0 Å². The van der Waals surface area contributed by atoms with Crippen LogP contribution < -0.4 is 10.5 Å². The third-order valence-electron chi connectivity index (χ3n) is 3.78. The molecule has 1 fully saturated rings. The van der Waals surface area contributed by atoms with E-state index in [9.17, 15) is 13.5 Å². The summed E-state index contributed by atoms with van der Waals surface area (Å²) in [4.78, 5) is 0.0593. The molecule has 0 amide bonds. The second-order valence-electron chi connectivity index (χ2n) is 5.37. The van der Waals surface area contributed by atoms with Crippen molar-refractivity contribution < 1.29 is 13.5 Å². The van der Waals surface area contributed by atoms with Crippen molar-refractivity contribution >= 4 is 27.3 Å². The molecular formula is C13H19ClN2O3S. The SMILES string of the molecule is Cc1c(N)cc(Cl)cc1S(=O)(=O)NCC1(O)CCCC1. The largest absolute Gasteiger partial charge is 0.398 e. The lowest BCUT2D eigenvalue weighted by Gasteiger charge is -2.22. The van der Waals surface area contributed by atoms with Gasteiger partial charge in [0.25, 0.3) is 0 Å². The molecule has 0 atom stereocenters. The van der Waals surface area contributed by atoms with Crippen molar-refractivity contribution in [3.05, 3.63) is 22.7 Å². The van der Waals surface area contributed by atoms with Gasteiger partial charge in [-0.05, 0) is 37.5 Å². The maximum atomic E-state index is 12.3. The molecule has 0 aliphatic heterocycles. The zero-order valence-corrected chi connectivity index (χ0v) is 12.9. The molecule has 0 aromatic heterocycles. The van der Waals surface area contributed by atoms with E-state index in [1.807, 2.05) is 0 Å². The summed E-state index contributed by atoms with van der Waals surface area (Å²) in [6.45, 7) is 1.64. The van der Waals surface area contributed by atoms with Crippen LogP contribution in [0.15, 0.2) is 17.0 Å². The maximum absolute atomic E-state index is 12.3. The van der Waals surface area contributed by atoms with Gasteiger partial charge in [-0.3, -0.25) is 0 Å². The standard InChI is InChI=1S/C13H19ClN2O3S/c1-9-11(15)6-10(14)7-12(9)20(18,19)16-8-13(17)4-2-3-5-13/h6-7,16-17H,2-5,8,15H2,1H3. The summed E-state index contributed by atoms with van der Waals surface area (Å²) in [5.74, 6) is 0. The summed E-state index contributed by atoms with van der Waals surface area (Å²) in [6, 6.07) is 2.88. The zero-order valence-electron chi connectivity index (χ0n) is 11.3. The molecule has 1 saturated carbocycles. The first-order chi connectivity index (χ1) is 9.23. The fourth-order valence-corrected chi connectivity index (χ4v) is 4.18. The fraction of sp³-hybridized carbons (Fsp3) is 0.538. The lowest BCUT2D eigenvalue weighted by Crippen LogP contribution is -2.40. The van der Waals surface area contributed by atoms with E-state index in [0.717, 1.165) is 12.8 Å². The highest BCUT2D eigenvalue weighted by molar-refractivity contribution is 7.89. The van der Waals surface area contributed by atoms with Crippen molar-refractivity contribution in [2.75, 3.05) is 12.3 Å². The number of hydrogen-bond acceptors (Lipinski definition) is 4. The average molecular weight is 319 g/mol. The molecular weight excluding hydrogens is 300 g/mol. The van der Waals surface area contributed by atoms with E-state index in [2.05, 4.69) is 4.72 Å². The van der Waals surface area contributed by atoms with Crippen molar-refractivity contribution in [3.63, 3.8) is 0 Å². The molecule has 2 rings (SSSR count). The van der Waals surface area contributed by atoms with Gasteiger partial charge in [-0.2, -0.15) is 0 Å². The molecule has 1 aliphatic rings. The number of nitrogens with one attached hydrogen (secondary N) is 1. The molecule has 1 aromatic rings. The molecule has 5 nitrogen and oxygen atoms in total. The number of rotatable bonds is 4. The Morgan fingerprint density at radius 3 is 2.60 bits per heavy atom. The van der Waals surface area contributed by atoms with Crippen molar-refractivity contribution in [1.29, 1.82) is 0 Å². The van der Waals surface area contributed by atoms with Gasteiger partial charge < -0.3 is 10.8 Å². The molecule has 0 saturated heterocycles. The number of nitrogen functional groups attached to an aromatic ring is 1. The Kier molecular flexibility index (Phi) is 4.30. The maximum Gasteiger partial charge on any atom is 0.241 e. The molecule has 0 radical (unpaired) electrons. The van der Waals surface area contributed by atoms with E-state index < -0.39 is 15.6 Å². The minimum atomic E-state index is -3.74. The second kappa shape index (κ2) is 5.52. The predicted octanol–water partition coefficient (Wildman–Crippen LogP) is 1.81. The Bertz CT molecular complexity index is 610. The molecule has 4 N–H and O–H groups in total. The molecule has 0 heterocycles. The van der Waals surface area contributed by atoms with Gasteiger partial charge in [0.05, 0.1) is 10.5 Å². The zero-order chi connectivity index (χ0) is 15.0. The Morgan fingerprint density at radius 2 is 2.00 bits per heavy atom. The van der Waals surface area contributed by atoms with Crippen molar-refractivity contribution in [2.24, 2.45) is 0 Å². The van der Waals surface area contributed by atoms with Gasteiger partial charge in [0.15, 0.2) is 0 Å². The highest BCUT2D eigenvalue weighted by Gasteiger charge is 2.33. The number of sulfonamides is 1. The Morgan fingerprint density at radius 1 is 1.40 bits per heavy atom. The smallest absolute Gasteiger partial charge is 0.241 e. The van der Waals surface area contributed by atoms with Crippen LogP contribution in [-0.4, -0.2) is 25.7 Å². The topological polar surface area (TPSA) is 92.4 Å². The second-order valence-corrected chi connectivity index (χ2v) is 7.55. The fourth-order valence-electron chi connectivity index (χ4n) is 2.47. The van der Waals surface area contributed by atoms with Gasteiger partial charge in [-0.1, -0.05) is 24.4 Å². The summed E-state index contributed by atoms with van der Waals surface area (Å²) in [6.07, 6.45) is 3.07. The summed E-state index contributed by atoms with van der Waals surface area (Å²) < 4.78 is 27.1. The third-order valence-corrected chi connectivity index (χ3v) is 5.53. The van der Waals surface area contributed by atoms with Crippen molar-refractivity contribution in [1.82, 2.24) is 4.72 Å². The molecule has 20 heavy (non-hydrogen) atoms. The van der Waals surface area contributed by atoms with Crippen molar-refractivity contribution in [3.8, 4) is 0 Å². The molecule has 0 spiro atoms. The quantitative estimate of drug-likeness (QED) is 0.738. The predicted molar refractivity (Wildman–Crippen MR) is 79.2 cm³/mol. The van der Waals surface area contributed by atoms with Crippen LogP contribution in [0.1, 0.15) is 31.2 Å². The minimum Gasteiger partial charge on any atom is -0.398 e. The lowest BCUT2D eigenvalue weighted by molar-refractivity contribution is 0.0532. The molecule has 1 aromatic carbocycles. The normalized spacial score (nSPS) is 18.4. The van der Waals surface area contributed by atoms with E-state index in [1.165, 1.54) is 12.1 Å². The number of hydrogen-bond donors (Lipinski definition) is 3. The van der Waals surface area contributed by atoms with E-state index in [1.54, 1.807) is 6.92 Å². The van der Waals surface area contributed by atoms with Crippen LogP contribution in [0.4, 0.5) is 5.69 Å². The summed E-state index contributed by atoms with van der Waals surface area (Å²) in [7, 11) is -3.74. The highest BCUT2D eigenvalue weighted by atomic mass is 35.5. The van der Waals surface area contributed by atoms with Crippen molar-refractivity contribution in [2.45, 2.75) is 43.1 Å². The summed E-state index contributed by atoms with van der Waals surface area (Å²) in [5.41, 5.74) is 5.59. The van der Waals surface area contributed by atoms with Crippen LogP contribution in [-0.2, 0) is 10.0 Å². The average Bonchev–Trinajstić information content (AvgIpc) is 2.79. The number of halogens is 1. The van der Waals surface area contributed by atoms with Gasteiger partial charge in [-0.15, -0.1) is 0 Å². The Hall–Kier alpha value is -0.820. The van der Waals surface area contributed by atoms with E-state index in [4.69, 9.17) is 17.3 Å². The van der Waals surface area contributed by atoms with Crippen LogP contribution >= 0.6 is 11.6 Å². The third kappa shape index (κ3) is 3.25. The Labute approximate surface area is 124 Å². The number of benzene rings is 1. The van der Waals surface area contributed by atoms with Gasteiger partial charge in [0.1, 0.15) is 0 Å².